The van der Waals surface area contributed by atoms with Crippen LogP contribution in [0, 0.1) is 23.2 Å². The van der Waals surface area contributed by atoms with Crippen molar-refractivity contribution in [2.75, 3.05) is 6.54 Å². The fourth-order valence-electron chi connectivity index (χ4n) is 3.45. The number of likely N-dealkylation sites (tertiary alicyclic amines) is 1. The number of hydrogen-bond donors (Lipinski definition) is 0. The minimum absolute atomic E-state index is 0.298. The first-order chi connectivity index (χ1) is 7.22. The summed E-state index contributed by atoms with van der Waals surface area (Å²) in [5, 5.41) is 9.20. The summed E-state index contributed by atoms with van der Waals surface area (Å²) in [5.74, 6) is 1.12. The molecule has 1 saturated carbocycles. The molecular formula is C13H22N2. The lowest BCUT2D eigenvalue weighted by Gasteiger charge is -2.37. The standard InChI is InChI=1S/C13H22N2/c1-10-7-11(2)15(9-10)13-6-4-3-5-12(13)8-14/h10-13H,3-7,9H2,1-2H3. The SMILES string of the molecule is CC1CC(C)N(C2CCCCC2C#N)C1. The summed E-state index contributed by atoms with van der Waals surface area (Å²) in [7, 11) is 0. The van der Waals surface area contributed by atoms with Gasteiger partial charge in [-0.1, -0.05) is 19.8 Å². The van der Waals surface area contributed by atoms with Crippen LogP contribution in [0.3, 0.4) is 0 Å². The molecule has 1 saturated heterocycles. The van der Waals surface area contributed by atoms with Gasteiger partial charge < -0.3 is 0 Å². The molecule has 0 bridgehead atoms. The molecule has 4 unspecified atom stereocenters. The summed E-state index contributed by atoms with van der Waals surface area (Å²) >= 11 is 0. The molecule has 0 radical (unpaired) electrons. The van der Waals surface area contributed by atoms with Crippen LogP contribution in [0.4, 0.5) is 0 Å². The minimum Gasteiger partial charge on any atom is -0.296 e. The molecule has 1 aliphatic heterocycles. The van der Waals surface area contributed by atoms with Gasteiger partial charge in [0.05, 0.1) is 12.0 Å². The van der Waals surface area contributed by atoms with Crippen LogP contribution in [0.1, 0.15) is 46.0 Å². The first kappa shape index (κ1) is 11.0. The Bertz CT molecular complexity index is 256. The average molecular weight is 206 g/mol. The highest BCUT2D eigenvalue weighted by Gasteiger charge is 2.36. The normalized spacial score (nSPS) is 42.7. The van der Waals surface area contributed by atoms with Gasteiger partial charge in [0.15, 0.2) is 0 Å². The van der Waals surface area contributed by atoms with Gasteiger partial charge in [0.25, 0.3) is 0 Å². The highest BCUT2D eigenvalue weighted by Crippen LogP contribution is 2.34. The first-order valence-electron chi connectivity index (χ1n) is 6.37. The molecular weight excluding hydrogens is 184 g/mol. The highest BCUT2D eigenvalue weighted by atomic mass is 15.2. The summed E-state index contributed by atoms with van der Waals surface area (Å²) in [6.45, 7) is 5.87. The van der Waals surface area contributed by atoms with Crippen molar-refractivity contribution in [1.82, 2.24) is 4.90 Å². The second-order valence-corrected chi connectivity index (χ2v) is 5.47. The Morgan fingerprint density at radius 3 is 2.53 bits per heavy atom. The van der Waals surface area contributed by atoms with E-state index in [1.54, 1.807) is 0 Å². The molecule has 0 N–H and O–H groups in total. The van der Waals surface area contributed by atoms with E-state index in [1.165, 1.54) is 32.2 Å². The van der Waals surface area contributed by atoms with Gasteiger partial charge in [-0.3, -0.25) is 4.90 Å². The number of hydrogen-bond acceptors (Lipinski definition) is 2. The second-order valence-electron chi connectivity index (χ2n) is 5.47. The van der Waals surface area contributed by atoms with E-state index in [2.05, 4.69) is 24.8 Å². The van der Waals surface area contributed by atoms with Crippen LogP contribution >= 0.6 is 0 Å². The molecule has 15 heavy (non-hydrogen) atoms. The van der Waals surface area contributed by atoms with E-state index in [0.717, 1.165) is 12.3 Å². The maximum absolute atomic E-state index is 9.20. The van der Waals surface area contributed by atoms with E-state index in [9.17, 15) is 5.26 Å². The van der Waals surface area contributed by atoms with Crippen LogP contribution < -0.4 is 0 Å². The Morgan fingerprint density at radius 1 is 1.20 bits per heavy atom. The molecule has 0 spiro atoms. The summed E-state index contributed by atoms with van der Waals surface area (Å²) < 4.78 is 0. The third kappa shape index (κ3) is 2.18. The van der Waals surface area contributed by atoms with Crippen molar-refractivity contribution in [2.45, 2.75) is 58.0 Å². The zero-order valence-corrected chi connectivity index (χ0v) is 9.95. The van der Waals surface area contributed by atoms with Crippen molar-refractivity contribution in [2.24, 2.45) is 11.8 Å². The Balaban J connectivity index is 2.05. The van der Waals surface area contributed by atoms with E-state index < -0.39 is 0 Å². The van der Waals surface area contributed by atoms with Gasteiger partial charge in [0, 0.05) is 18.6 Å². The predicted octanol–water partition coefficient (Wildman–Crippen LogP) is 2.80. The Hall–Kier alpha value is -0.550. The molecule has 2 fully saturated rings. The highest BCUT2D eigenvalue weighted by molar-refractivity contribution is 4.98. The van der Waals surface area contributed by atoms with Gasteiger partial charge in [0.2, 0.25) is 0 Å². The smallest absolute Gasteiger partial charge is 0.0672 e. The van der Waals surface area contributed by atoms with Crippen LogP contribution in [0.15, 0.2) is 0 Å². The minimum atomic E-state index is 0.298. The topological polar surface area (TPSA) is 27.0 Å². The van der Waals surface area contributed by atoms with E-state index in [4.69, 9.17) is 0 Å². The Morgan fingerprint density at radius 2 is 1.93 bits per heavy atom. The van der Waals surface area contributed by atoms with Crippen molar-refractivity contribution in [3.63, 3.8) is 0 Å². The largest absolute Gasteiger partial charge is 0.296 e. The van der Waals surface area contributed by atoms with Gasteiger partial charge in [-0.25, -0.2) is 0 Å². The lowest BCUT2D eigenvalue weighted by Crippen LogP contribution is -2.43. The average Bonchev–Trinajstić information content (AvgIpc) is 2.57. The molecule has 1 aliphatic carbocycles. The van der Waals surface area contributed by atoms with E-state index in [1.807, 2.05) is 0 Å². The van der Waals surface area contributed by atoms with Crippen LogP contribution in [-0.4, -0.2) is 23.5 Å². The quantitative estimate of drug-likeness (QED) is 0.659. The molecule has 2 aliphatic rings. The maximum Gasteiger partial charge on any atom is 0.0672 e. The summed E-state index contributed by atoms with van der Waals surface area (Å²) in [5.41, 5.74) is 0. The lowest BCUT2D eigenvalue weighted by atomic mass is 9.84. The monoisotopic (exact) mass is 206 g/mol. The molecule has 1 heterocycles. The first-order valence-corrected chi connectivity index (χ1v) is 6.37. The van der Waals surface area contributed by atoms with Gasteiger partial charge in [0.1, 0.15) is 0 Å². The van der Waals surface area contributed by atoms with Gasteiger partial charge in [-0.15, -0.1) is 0 Å². The van der Waals surface area contributed by atoms with E-state index >= 15 is 0 Å². The molecule has 0 aromatic rings. The van der Waals surface area contributed by atoms with Crippen molar-refractivity contribution in [3.05, 3.63) is 0 Å². The molecule has 0 aromatic carbocycles. The summed E-state index contributed by atoms with van der Waals surface area (Å²) in [6.07, 6.45) is 6.26. The fraction of sp³-hybridized carbons (Fsp3) is 0.923. The molecule has 2 heteroatoms. The van der Waals surface area contributed by atoms with Crippen LogP contribution in [0.5, 0.6) is 0 Å². The second kappa shape index (κ2) is 4.53. The van der Waals surface area contributed by atoms with Crippen molar-refractivity contribution < 1.29 is 0 Å². The van der Waals surface area contributed by atoms with Crippen LogP contribution in [-0.2, 0) is 0 Å². The summed E-state index contributed by atoms with van der Waals surface area (Å²) in [4.78, 5) is 2.61. The lowest BCUT2D eigenvalue weighted by molar-refractivity contribution is 0.119. The van der Waals surface area contributed by atoms with Crippen LogP contribution in [0.2, 0.25) is 0 Å². The van der Waals surface area contributed by atoms with Gasteiger partial charge in [-0.05, 0) is 32.1 Å². The fourth-order valence-corrected chi connectivity index (χ4v) is 3.45. The number of nitriles is 1. The zero-order chi connectivity index (χ0) is 10.8. The zero-order valence-electron chi connectivity index (χ0n) is 9.95. The van der Waals surface area contributed by atoms with Crippen molar-refractivity contribution in [3.8, 4) is 6.07 Å². The van der Waals surface area contributed by atoms with Gasteiger partial charge >= 0.3 is 0 Å². The maximum atomic E-state index is 9.20. The third-order valence-electron chi connectivity index (χ3n) is 4.15. The summed E-state index contributed by atoms with van der Waals surface area (Å²) in [6, 6.07) is 3.78. The van der Waals surface area contributed by atoms with Gasteiger partial charge in [-0.2, -0.15) is 5.26 Å². The Kier molecular flexibility index (Phi) is 3.31. The van der Waals surface area contributed by atoms with Crippen molar-refractivity contribution in [1.29, 1.82) is 5.26 Å². The van der Waals surface area contributed by atoms with Crippen LogP contribution in [0.25, 0.3) is 0 Å². The molecule has 2 rings (SSSR count). The molecule has 84 valence electrons. The molecule has 0 amide bonds. The molecule has 0 aromatic heterocycles. The third-order valence-corrected chi connectivity index (χ3v) is 4.15. The van der Waals surface area contributed by atoms with Crippen molar-refractivity contribution >= 4 is 0 Å². The number of rotatable bonds is 1. The molecule has 4 atom stereocenters. The Labute approximate surface area is 93.3 Å². The predicted molar refractivity (Wildman–Crippen MR) is 61.3 cm³/mol. The van der Waals surface area contributed by atoms with E-state index in [-0.39, 0.29) is 0 Å². The number of nitrogens with zero attached hydrogens (tertiary/aromatic N) is 2. The molecule has 2 nitrogen and oxygen atoms in total. The van der Waals surface area contributed by atoms with E-state index in [0.29, 0.717) is 18.0 Å².